The zero-order chi connectivity index (χ0) is 50.0. The van der Waals surface area contributed by atoms with Gasteiger partial charge in [-0.3, -0.25) is 14.4 Å². The quantitative estimate of drug-likeness (QED) is 0.0262. The summed E-state index contributed by atoms with van der Waals surface area (Å²) in [5, 5.41) is 0. The molecule has 6 nitrogen and oxygen atoms in total. The molecule has 0 aliphatic carbocycles. The molecule has 6 heteroatoms. The third-order valence-electron chi connectivity index (χ3n) is 12.7. The molecule has 0 bridgehead atoms. The van der Waals surface area contributed by atoms with E-state index in [4.69, 9.17) is 14.2 Å². The van der Waals surface area contributed by atoms with Gasteiger partial charge in [-0.05, 0) is 109 Å². The van der Waals surface area contributed by atoms with E-state index in [1.165, 1.54) is 154 Å². The van der Waals surface area contributed by atoms with Crippen LogP contribution in [0.5, 0.6) is 0 Å². The Kier molecular flexibility index (Phi) is 54.8. The molecular weight excluding hydrogens is 853 g/mol. The van der Waals surface area contributed by atoms with Crippen molar-refractivity contribution in [1.82, 2.24) is 0 Å². The maximum atomic E-state index is 12.9. The van der Waals surface area contributed by atoms with E-state index in [0.717, 1.165) is 96.3 Å². The van der Waals surface area contributed by atoms with Gasteiger partial charge in [0.05, 0.1) is 0 Å². The Labute approximate surface area is 427 Å². The van der Waals surface area contributed by atoms with E-state index >= 15 is 0 Å². The first-order chi connectivity index (χ1) is 34.0. The van der Waals surface area contributed by atoms with Crippen LogP contribution in [0, 0.1) is 0 Å². The molecule has 0 unspecified atom stereocenters. The second-order valence-corrected chi connectivity index (χ2v) is 19.5. The van der Waals surface area contributed by atoms with Crippen LogP contribution >= 0.6 is 0 Å². The van der Waals surface area contributed by atoms with Crippen LogP contribution in [0.15, 0.2) is 72.9 Å². The van der Waals surface area contributed by atoms with Crippen LogP contribution in [-0.2, 0) is 28.6 Å². The van der Waals surface area contributed by atoms with Gasteiger partial charge >= 0.3 is 17.9 Å². The highest BCUT2D eigenvalue weighted by Crippen LogP contribution is 2.15. The summed E-state index contributed by atoms with van der Waals surface area (Å²) in [6.45, 7) is 6.51. The normalized spacial score (nSPS) is 12.6. The van der Waals surface area contributed by atoms with Gasteiger partial charge < -0.3 is 14.2 Å². The van der Waals surface area contributed by atoms with Crippen LogP contribution < -0.4 is 0 Å². The van der Waals surface area contributed by atoms with Crippen molar-refractivity contribution in [3.8, 4) is 0 Å². The zero-order valence-electron chi connectivity index (χ0n) is 45.6. The fourth-order valence-corrected chi connectivity index (χ4v) is 8.25. The van der Waals surface area contributed by atoms with Crippen molar-refractivity contribution in [3.05, 3.63) is 72.9 Å². The number of carbonyl (C=O) groups is 3. The highest BCUT2D eigenvalue weighted by Gasteiger charge is 2.19. The van der Waals surface area contributed by atoms with Crippen molar-refractivity contribution in [2.45, 2.75) is 297 Å². The highest BCUT2D eigenvalue weighted by molar-refractivity contribution is 5.71. The summed E-state index contributed by atoms with van der Waals surface area (Å²) in [5.41, 5.74) is 0. The molecule has 0 rings (SSSR count). The van der Waals surface area contributed by atoms with Gasteiger partial charge in [0.25, 0.3) is 0 Å². The molecular formula is C63H110O6. The van der Waals surface area contributed by atoms with Crippen molar-refractivity contribution in [2.75, 3.05) is 13.2 Å². The number of ether oxygens (including phenoxy) is 3. The Hall–Kier alpha value is -3.15. The first kappa shape index (κ1) is 65.8. The first-order valence-corrected chi connectivity index (χ1v) is 29.4. The fourth-order valence-electron chi connectivity index (χ4n) is 8.25. The molecule has 0 aromatic heterocycles. The van der Waals surface area contributed by atoms with Crippen LogP contribution in [0.25, 0.3) is 0 Å². The number of hydrogen-bond acceptors (Lipinski definition) is 6. The molecule has 0 fully saturated rings. The maximum Gasteiger partial charge on any atom is 0.306 e. The number of hydrogen-bond donors (Lipinski definition) is 0. The van der Waals surface area contributed by atoms with Crippen LogP contribution in [0.4, 0.5) is 0 Å². The summed E-state index contributed by atoms with van der Waals surface area (Å²) in [4.78, 5) is 38.2. The van der Waals surface area contributed by atoms with Crippen molar-refractivity contribution in [1.29, 1.82) is 0 Å². The largest absolute Gasteiger partial charge is 0.462 e. The van der Waals surface area contributed by atoms with E-state index in [0.29, 0.717) is 19.3 Å². The molecule has 0 aromatic carbocycles. The SMILES string of the molecule is CC/C=C\C/C=C\C/C=C\C/C=C\CCCCCCC(=O)OC[C@H](COC(=O)CCCCCCCCC/C=C\CCCCCC)OC(=O)CCCCCCCCCCC/C=C\CCCCCCCC. The number of esters is 3. The molecule has 1 atom stereocenters. The van der Waals surface area contributed by atoms with E-state index in [1.807, 2.05) is 0 Å². The van der Waals surface area contributed by atoms with Gasteiger partial charge in [-0.15, -0.1) is 0 Å². The average molecular weight is 964 g/mol. The molecule has 0 aliphatic heterocycles. The van der Waals surface area contributed by atoms with Crippen LogP contribution in [0.3, 0.4) is 0 Å². The smallest absolute Gasteiger partial charge is 0.306 e. The van der Waals surface area contributed by atoms with E-state index in [1.54, 1.807) is 0 Å². The van der Waals surface area contributed by atoms with Gasteiger partial charge in [0.2, 0.25) is 0 Å². The minimum absolute atomic E-state index is 0.0855. The molecule has 0 aliphatic rings. The monoisotopic (exact) mass is 963 g/mol. The van der Waals surface area contributed by atoms with Gasteiger partial charge in [0, 0.05) is 19.3 Å². The number of rotatable bonds is 53. The number of carbonyl (C=O) groups excluding carboxylic acids is 3. The van der Waals surface area contributed by atoms with Gasteiger partial charge in [0.15, 0.2) is 6.10 Å². The van der Waals surface area contributed by atoms with Crippen molar-refractivity contribution in [3.63, 3.8) is 0 Å². The van der Waals surface area contributed by atoms with E-state index < -0.39 is 6.10 Å². The minimum Gasteiger partial charge on any atom is -0.462 e. The Morgan fingerprint density at radius 3 is 0.913 bits per heavy atom. The lowest BCUT2D eigenvalue weighted by Gasteiger charge is -2.18. The highest BCUT2D eigenvalue weighted by atomic mass is 16.6. The molecule has 0 radical (unpaired) electrons. The predicted molar refractivity (Wildman–Crippen MR) is 298 cm³/mol. The van der Waals surface area contributed by atoms with Crippen LogP contribution in [-0.4, -0.2) is 37.2 Å². The van der Waals surface area contributed by atoms with E-state index in [-0.39, 0.29) is 31.1 Å². The van der Waals surface area contributed by atoms with E-state index in [2.05, 4.69) is 93.7 Å². The van der Waals surface area contributed by atoms with Crippen molar-refractivity contribution < 1.29 is 28.6 Å². The lowest BCUT2D eigenvalue weighted by atomic mass is 10.1. The Balaban J connectivity index is 4.41. The average Bonchev–Trinajstić information content (AvgIpc) is 3.35. The van der Waals surface area contributed by atoms with Crippen molar-refractivity contribution >= 4 is 17.9 Å². The third kappa shape index (κ3) is 55.6. The predicted octanol–water partition coefficient (Wildman–Crippen LogP) is 19.8. The summed E-state index contributed by atoms with van der Waals surface area (Å²) in [6, 6.07) is 0. The molecule has 0 spiro atoms. The summed E-state index contributed by atoms with van der Waals surface area (Å²) >= 11 is 0. The van der Waals surface area contributed by atoms with Gasteiger partial charge in [0.1, 0.15) is 13.2 Å². The maximum absolute atomic E-state index is 12.9. The Bertz CT molecular complexity index is 1290. The van der Waals surface area contributed by atoms with Gasteiger partial charge in [-0.25, -0.2) is 0 Å². The molecule has 69 heavy (non-hydrogen) atoms. The summed E-state index contributed by atoms with van der Waals surface area (Å²) in [6.07, 6.45) is 73.2. The third-order valence-corrected chi connectivity index (χ3v) is 12.7. The second-order valence-electron chi connectivity index (χ2n) is 19.5. The number of allylic oxidation sites excluding steroid dienone is 12. The second kappa shape index (κ2) is 57.4. The number of unbranched alkanes of at least 4 members (excludes halogenated alkanes) is 30. The van der Waals surface area contributed by atoms with Crippen LogP contribution in [0.1, 0.15) is 290 Å². The standard InChI is InChI=1S/C63H110O6/c1-4-7-10-13-16-19-22-25-28-30-31-33-36-39-42-45-48-51-54-57-63(66)69-60(58-67-61(64)55-52-49-46-43-40-37-34-27-24-21-18-15-12-9-6-3)59-68-62(65)56-53-50-47-44-41-38-35-32-29-26-23-20-17-14-11-8-5-2/h8,11,17,20-21,24-26,28-29,35,38,60H,4-7,9-10,12-16,18-19,22-23,27,30-34,36-37,39-59H2,1-3H3/b11-8-,20-17-,24-21-,28-25-,29-26-,38-35-/t60-/m0/s1. The first-order valence-electron chi connectivity index (χ1n) is 29.4. The molecule has 398 valence electrons. The van der Waals surface area contributed by atoms with Gasteiger partial charge in [-0.1, -0.05) is 235 Å². The topological polar surface area (TPSA) is 78.9 Å². The van der Waals surface area contributed by atoms with E-state index in [9.17, 15) is 14.4 Å². The molecule has 0 aromatic rings. The summed E-state index contributed by atoms with van der Waals surface area (Å²) in [7, 11) is 0. The van der Waals surface area contributed by atoms with Gasteiger partial charge in [-0.2, -0.15) is 0 Å². The Morgan fingerprint density at radius 1 is 0.304 bits per heavy atom. The lowest BCUT2D eigenvalue weighted by Crippen LogP contribution is -2.30. The molecule has 0 N–H and O–H groups in total. The molecule has 0 saturated carbocycles. The fraction of sp³-hybridized carbons (Fsp3) is 0.762. The van der Waals surface area contributed by atoms with Crippen molar-refractivity contribution in [2.24, 2.45) is 0 Å². The zero-order valence-corrected chi connectivity index (χ0v) is 45.6. The molecule has 0 heterocycles. The molecule has 0 saturated heterocycles. The summed E-state index contributed by atoms with van der Waals surface area (Å²) in [5.74, 6) is -0.907. The Morgan fingerprint density at radius 2 is 0.565 bits per heavy atom. The van der Waals surface area contributed by atoms with Crippen LogP contribution in [0.2, 0.25) is 0 Å². The lowest BCUT2D eigenvalue weighted by molar-refractivity contribution is -0.167. The minimum atomic E-state index is -0.789. The molecule has 0 amide bonds. The summed E-state index contributed by atoms with van der Waals surface area (Å²) < 4.78 is 16.9.